The topological polar surface area (TPSA) is 55.0 Å². The smallest absolute Gasteiger partial charge is 0.374 e. The molecule has 0 atom stereocenters. The van der Waals surface area contributed by atoms with Gasteiger partial charge in [-0.25, -0.2) is 14.2 Å². The van der Waals surface area contributed by atoms with Crippen LogP contribution in [0, 0.1) is 12.7 Å². The van der Waals surface area contributed by atoms with Gasteiger partial charge in [-0.15, -0.1) is 0 Å². The van der Waals surface area contributed by atoms with E-state index in [4.69, 9.17) is 0 Å². The Balaban J connectivity index is 2.42. The molecule has 1 aromatic heterocycles. The van der Waals surface area contributed by atoms with Crippen LogP contribution in [0.25, 0.3) is 11.3 Å². The van der Waals surface area contributed by atoms with Crippen molar-refractivity contribution in [2.75, 3.05) is 7.11 Å². The average Bonchev–Trinajstić information content (AvgIpc) is 2.71. The number of aromatic nitrogens is 2. The Morgan fingerprint density at radius 2 is 2.00 bits per heavy atom. The van der Waals surface area contributed by atoms with Gasteiger partial charge in [0.2, 0.25) is 5.82 Å². The van der Waals surface area contributed by atoms with Gasteiger partial charge in [0.05, 0.1) is 12.8 Å². The molecule has 0 aliphatic carbocycles. The summed E-state index contributed by atoms with van der Waals surface area (Å²) in [7, 11) is 1.29. The third-order valence-corrected chi connectivity index (χ3v) is 2.38. The lowest BCUT2D eigenvalue weighted by molar-refractivity contribution is 0.0588. The Morgan fingerprint density at radius 3 is 2.59 bits per heavy atom. The number of rotatable bonds is 2. The van der Waals surface area contributed by atoms with Crippen molar-refractivity contribution in [1.82, 2.24) is 9.97 Å². The standard InChI is InChI=1S/C12H11FN2O2/c1-7-10(8-3-5-9(13)6-4-8)15-11(14-7)12(16)17-2/h3-6H,1-2H3,(H,14,15). The Hall–Kier alpha value is -2.17. The van der Waals surface area contributed by atoms with Crippen LogP contribution in [0.5, 0.6) is 0 Å². The summed E-state index contributed by atoms with van der Waals surface area (Å²) < 4.78 is 17.4. The highest BCUT2D eigenvalue weighted by Gasteiger charge is 2.14. The average molecular weight is 234 g/mol. The molecule has 0 saturated carbocycles. The quantitative estimate of drug-likeness (QED) is 0.811. The molecule has 1 heterocycles. The zero-order valence-corrected chi connectivity index (χ0v) is 9.45. The van der Waals surface area contributed by atoms with Gasteiger partial charge in [-0.1, -0.05) is 0 Å². The van der Waals surface area contributed by atoms with Crippen molar-refractivity contribution in [1.29, 1.82) is 0 Å². The second-order valence-corrected chi connectivity index (χ2v) is 3.56. The summed E-state index contributed by atoms with van der Waals surface area (Å²) in [5.74, 6) is -0.694. The second kappa shape index (κ2) is 4.37. The van der Waals surface area contributed by atoms with Gasteiger partial charge in [-0.2, -0.15) is 0 Å². The number of H-pyrrole nitrogens is 1. The maximum atomic E-state index is 12.8. The fourth-order valence-corrected chi connectivity index (χ4v) is 1.54. The summed E-state index contributed by atoms with van der Waals surface area (Å²) in [6.07, 6.45) is 0. The zero-order valence-electron chi connectivity index (χ0n) is 9.45. The minimum Gasteiger partial charge on any atom is -0.463 e. The zero-order chi connectivity index (χ0) is 12.4. The lowest BCUT2D eigenvalue weighted by Gasteiger charge is -1.97. The summed E-state index contributed by atoms with van der Waals surface area (Å²) in [6, 6.07) is 5.92. The molecule has 2 rings (SSSR count). The summed E-state index contributed by atoms with van der Waals surface area (Å²) in [5, 5.41) is 0. The minimum atomic E-state index is -0.526. The van der Waals surface area contributed by atoms with Crippen LogP contribution >= 0.6 is 0 Å². The molecule has 0 aliphatic rings. The van der Waals surface area contributed by atoms with E-state index >= 15 is 0 Å². The molecule has 1 aromatic carbocycles. The number of carbonyl (C=O) groups excluding carboxylic acids is 1. The van der Waals surface area contributed by atoms with E-state index in [1.807, 2.05) is 0 Å². The number of aromatic amines is 1. The van der Waals surface area contributed by atoms with E-state index in [-0.39, 0.29) is 11.6 Å². The van der Waals surface area contributed by atoms with Gasteiger partial charge >= 0.3 is 5.97 Å². The normalized spacial score (nSPS) is 10.3. The molecule has 88 valence electrons. The summed E-state index contributed by atoms with van der Waals surface area (Å²) >= 11 is 0. The Kier molecular flexibility index (Phi) is 2.91. The van der Waals surface area contributed by atoms with Gasteiger partial charge in [0, 0.05) is 11.3 Å². The summed E-state index contributed by atoms with van der Waals surface area (Å²) in [6.45, 7) is 1.79. The van der Waals surface area contributed by atoms with E-state index in [9.17, 15) is 9.18 Å². The number of hydrogen-bond acceptors (Lipinski definition) is 3. The molecule has 0 bridgehead atoms. The van der Waals surface area contributed by atoms with Gasteiger partial charge in [0.15, 0.2) is 0 Å². The third-order valence-electron chi connectivity index (χ3n) is 2.38. The van der Waals surface area contributed by atoms with Crippen molar-refractivity contribution in [2.45, 2.75) is 6.92 Å². The number of nitrogens with one attached hydrogen (secondary N) is 1. The van der Waals surface area contributed by atoms with E-state index in [0.29, 0.717) is 5.69 Å². The van der Waals surface area contributed by atoms with E-state index in [0.717, 1.165) is 11.3 Å². The Labute approximate surface area is 97.5 Å². The van der Waals surface area contributed by atoms with Crippen LogP contribution in [0.3, 0.4) is 0 Å². The number of aryl methyl sites for hydroxylation is 1. The number of halogens is 1. The molecule has 0 fully saturated rings. The van der Waals surface area contributed by atoms with E-state index in [1.54, 1.807) is 19.1 Å². The molecule has 5 heteroatoms. The van der Waals surface area contributed by atoms with Crippen LogP contribution in [-0.2, 0) is 4.74 Å². The Bertz CT molecular complexity index is 546. The number of ether oxygens (including phenoxy) is 1. The Morgan fingerprint density at radius 1 is 1.35 bits per heavy atom. The van der Waals surface area contributed by atoms with Gasteiger partial charge < -0.3 is 9.72 Å². The number of carbonyl (C=O) groups is 1. The predicted molar refractivity (Wildman–Crippen MR) is 60.1 cm³/mol. The molecule has 4 nitrogen and oxygen atoms in total. The van der Waals surface area contributed by atoms with Crippen LogP contribution in [0.1, 0.15) is 16.3 Å². The van der Waals surface area contributed by atoms with Crippen LogP contribution in [0.4, 0.5) is 4.39 Å². The summed E-state index contributed by atoms with van der Waals surface area (Å²) in [4.78, 5) is 18.2. The van der Waals surface area contributed by atoms with Crippen molar-refractivity contribution < 1.29 is 13.9 Å². The van der Waals surface area contributed by atoms with Gasteiger partial charge in [-0.3, -0.25) is 0 Å². The van der Waals surface area contributed by atoms with E-state index in [1.165, 1.54) is 19.2 Å². The first-order chi connectivity index (χ1) is 8.11. The van der Waals surface area contributed by atoms with Crippen molar-refractivity contribution >= 4 is 5.97 Å². The number of esters is 1. The lowest BCUT2D eigenvalue weighted by Crippen LogP contribution is -2.03. The predicted octanol–water partition coefficient (Wildman–Crippen LogP) is 2.31. The summed E-state index contributed by atoms with van der Waals surface area (Å²) in [5.41, 5.74) is 2.10. The first-order valence-corrected chi connectivity index (χ1v) is 5.02. The van der Waals surface area contributed by atoms with Crippen molar-refractivity contribution in [2.24, 2.45) is 0 Å². The van der Waals surface area contributed by atoms with E-state index < -0.39 is 5.97 Å². The fourth-order valence-electron chi connectivity index (χ4n) is 1.54. The molecule has 17 heavy (non-hydrogen) atoms. The molecule has 0 amide bonds. The van der Waals surface area contributed by atoms with Crippen LogP contribution in [0.2, 0.25) is 0 Å². The number of nitrogens with zero attached hydrogens (tertiary/aromatic N) is 1. The van der Waals surface area contributed by atoms with Gasteiger partial charge in [0.1, 0.15) is 5.82 Å². The maximum Gasteiger partial charge on any atom is 0.374 e. The monoisotopic (exact) mass is 234 g/mol. The fraction of sp³-hybridized carbons (Fsp3) is 0.167. The molecule has 0 radical (unpaired) electrons. The lowest BCUT2D eigenvalue weighted by atomic mass is 10.1. The highest BCUT2D eigenvalue weighted by Crippen LogP contribution is 2.21. The van der Waals surface area contributed by atoms with Crippen molar-refractivity contribution in [3.05, 3.63) is 41.6 Å². The molecule has 2 aromatic rings. The molecule has 0 unspecified atom stereocenters. The highest BCUT2D eigenvalue weighted by molar-refractivity contribution is 5.86. The highest BCUT2D eigenvalue weighted by atomic mass is 19.1. The SMILES string of the molecule is COC(=O)c1nc(-c2ccc(F)cc2)c(C)[nH]1. The number of methoxy groups -OCH3 is 1. The van der Waals surface area contributed by atoms with Crippen LogP contribution in [0.15, 0.2) is 24.3 Å². The van der Waals surface area contributed by atoms with Crippen molar-refractivity contribution in [3.8, 4) is 11.3 Å². The number of imidazole rings is 1. The first-order valence-electron chi connectivity index (χ1n) is 5.02. The van der Waals surface area contributed by atoms with Gasteiger partial charge in [0.25, 0.3) is 0 Å². The second-order valence-electron chi connectivity index (χ2n) is 3.56. The first kappa shape index (κ1) is 11.3. The third kappa shape index (κ3) is 2.18. The molecular weight excluding hydrogens is 223 g/mol. The molecular formula is C12H11FN2O2. The molecule has 0 aliphatic heterocycles. The molecule has 0 spiro atoms. The van der Waals surface area contributed by atoms with Crippen LogP contribution < -0.4 is 0 Å². The maximum absolute atomic E-state index is 12.8. The van der Waals surface area contributed by atoms with Gasteiger partial charge in [-0.05, 0) is 31.2 Å². The molecule has 1 N–H and O–H groups in total. The number of hydrogen-bond donors (Lipinski definition) is 1. The molecule has 0 saturated heterocycles. The van der Waals surface area contributed by atoms with E-state index in [2.05, 4.69) is 14.7 Å². The van der Waals surface area contributed by atoms with Crippen molar-refractivity contribution in [3.63, 3.8) is 0 Å². The minimum absolute atomic E-state index is 0.143. The largest absolute Gasteiger partial charge is 0.463 e. The number of benzene rings is 1. The van der Waals surface area contributed by atoms with Crippen LogP contribution in [-0.4, -0.2) is 23.0 Å².